The van der Waals surface area contributed by atoms with Gasteiger partial charge in [-0.2, -0.15) is 0 Å². The van der Waals surface area contributed by atoms with Crippen LogP contribution in [0.4, 0.5) is 0 Å². The minimum absolute atomic E-state index is 0.925. The molecule has 2 aliphatic rings. The van der Waals surface area contributed by atoms with Gasteiger partial charge < -0.3 is 0 Å². The molecule has 13 heavy (non-hydrogen) atoms. The summed E-state index contributed by atoms with van der Waals surface area (Å²) >= 11 is 0. The predicted octanol–water partition coefficient (Wildman–Crippen LogP) is 3.51. The van der Waals surface area contributed by atoms with Gasteiger partial charge in [-0.1, -0.05) is 24.3 Å². The molecule has 2 aliphatic carbocycles. The fourth-order valence-corrected chi connectivity index (χ4v) is 2.62. The highest BCUT2D eigenvalue weighted by molar-refractivity contribution is 5.34. The van der Waals surface area contributed by atoms with E-state index < -0.39 is 0 Å². The molecule has 2 saturated carbocycles. The first kappa shape index (κ1) is 7.61. The minimum atomic E-state index is 0.925. The van der Waals surface area contributed by atoms with Crippen LogP contribution in [0.2, 0.25) is 0 Å². The molecule has 0 aromatic heterocycles. The Balaban J connectivity index is 1.82. The molecule has 0 nitrogen and oxygen atoms in total. The molecule has 3 rings (SSSR count). The summed E-state index contributed by atoms with van der Waals surface area (Å²) in [4.78, 5) is 0. The third-order valence-electron chi connectivity index (χ3n) is 3.66. The SMILES string of the molecule is Cc1ccccc1C1CC1C1CC1. The van der Waals surface area contributed by atoms with Crippen LogP contribution in [0.3, 0.4) is 0 Å². The fourth-order valence-electron chi connectivity index (χ4n) is 2.62. The summed E-state index contributed by atoms with van der Waals surface area (Å²) in [5.74, 6) is 3.08. The van der Waals surface area contributed by atoms with E-state index in [1.807, 2.05) is 0 Å². The molecule has 0 radical (unpaired) electrons. The smallest absolute Gasteiger partial charge is 0.0125 e. The van der Waals surface area contributed by atoms with Crippen LogP contribution in [-0.2, 0) is 0 Å². The van der Waals surface area contributed by atoms with E-state index in [9.17, 15) is 0 Å². The van der Waals surface area contributed by atoms with E-state index in [0.717, 1.165) is 17.8 Å². The van der Waals surface area contributed by atoms with Crippen molar-refractivity contribution in [3.63, 3.8) is 0 Å². The Hall–Kier alpha value is -0.780. The van der Waals surface area contributed by atoms with Crippen LogP contribution in [0.15, 0.2) is 24.3 Å². The molecule has 0 heteroatoms. The van der Waals surface area contributed by atoms with E-state index in [4.69, 9.17) is 0 Å². The number of hydrogen-bond acceptors (Lipinski definition) is 0. The second kappa shape index (κ2) is 2.60. The zero-order valence-electron chi connectivity index (χ0n) is 8.16. The van der Waals surface area contributed by atoms with E-state index >= 15 is 0 Å². The topological polar surface area (TPSA) is 0 Å². The summed E-state index contributed by atoms with van der Waals surface area (Å²) in [7, 11) is 0. The predicted molar refractivity (Wildman–Crippen MR) is 54.8 cm³/mol. The van der Waals surface area contributed by atoms with Crippen LogP contribution >= 0.6 is 0 Å². The summed E-state index contributed by atoms with van der Waals surface area (Å²) in [5, 5.41) is 0. The second-order valence-corrected chi connectivity index (χ2v) is 4.70. The number of hydrogen-bond donors (Lipinski definition) is 0. The Kier molecular flexibility index (Phi) is 1.52. The van der Waals surface area contributed by atoms with Gasteiger partial charge in [0.2, 0.25) is 0 Å². The van der Waals surface area contributed by atoms with Crippen molar-refractivity contribution < 1.29 is 0 Å². The largest absolute Gasteiger partial charge is 0.0620 e. The summed E-state index contributed by atoms with van der Waals surface area (Å²) in [6.45, 7) is 2.25. The van der Waals surface area contributed by atoms with Gasteiger partial charge in [0.25, 0.3) is 0 Å². The molecule has 0 N–H and O–H groups in total. The molecule has 0 heterocycles. The molecule has 2 atom stereocenters. The first-order valence-electron chi connectivity index (χ1n) is 5.42. The van der Waals surface area contributed by atoms with Gasteiger partial charge in [-0.15, -0.1) is 0 Å². The number of aryl methyl sites for hydroxylation is 1. The van der Waals surface area contributed by atoms with Crippen LogP contribution < -0.4 is 0 Å². The fraction of sp³-hybridized carbons (Fsp3) is 0.538. The Morgan fingerprint density at radius 3 is 2.62 bits per heavy atom. The van der Waals surface area contributed by atoms with E-state index in [1.54, 1.807) is 5.56 Å². The average molecular weight is 172 g/mol. The molecule has 0 bridgehead atoms. The van der Waals surface area contributed by atoms with Crippen LogP contribution in [-0.4, -0.2) is 0 Å². The third kappa shape index (κ3) is 1.29. The molecule has 0 aliphatic heterocycles. The van der Waals surface area contributed by atoms with Crippen molar-refractivity contribution in [1.82, 2.24) is 0 Å². The van der Waals surface area contributed by atoms with Gasteiger partial charge in [-0.25, -0.2) is 0 Å². The van der Waals surface area contributed by atoms with Gasteiger partial charge in [0, 0.05) is 0 Å². The van der Waals surface area contributed by atoms with Gasteiger partial charge >= 0.3 is 0 Å². The van der Waals surface area contributed by atoms with Crippen molar-refractivity contribution in [2.24, 2.45) is 11.8 Å². The first-order chi connectivity index (χ1) is 6.36. The molecule has 1 aromatic rings. The van der Waals surface area contributed by atoms with Gasteiger partial charge in [0.05, 0.1) is 0 Å². The van der Waals surface area contributed by atoms with Crippen molar-refractivity contribution in [3.8, 4) is 0 Å². The maximum atomic E-state index is 2.32. The molecule has 68 valence electrons. The van der Waals surface area contributed by atoms with Crippen LogP contribution in [0.1, 0.15) is 36.3 Å². The summed E-state index contributed by atoms with van der Waals surface area (Å²) in [6.07, 6.45) is 4.48. The van der Waals surface area contributed by atoms with E-state index in [1.165, 1.54) is 24.8 Å². The summed E-state index contributed by atoms with van der Waals surface area (Å²) < 4.78 is 0. The quantitative estimate of drug-likeness (QED) is 0.640. The van der Waals surface area contributed by atoms with Crippen LogP contribution in [0.25, 0.3) is 0 Å². The van der Waals surface area contributed by atoms with Gasteiger partial charge in [0.15, 0.2) is 0 Å². The highest BCUT2D eigenvalue weighted by Gasteiger charge is 2.48. The molecular weight excluding hydrogens is 156 g/mol. The molecule has 1 aromatic carbocycles. The molecule has 0 spiro atoms. The molecule has 0 amide bonds. The lowest BCUT2D eigenvalue weighted by molar-refractivity contribution is 0.689. The summed E-state index contributed by atoms with van der Waals surface area (Å²) in [5.41, 5.74) is 3.12. The Morgan fingerprint density at radius 2 is 1.92 bits per heavy atom. The van der Waals surface area contributed by atoms with Crippen molar-refractivity contribution >= 4 is 0 Å². The van der Waals surface area contributed by atoms with E-state index in [2.05, 4.69) is 31.2 Å². The zero-order valence-corrected chi connectivity index (χ0v) is 8.16. The first-order valence-corrected chi connectivity index (χ1v) is 5.42. The zero-order chi connectivity index (χ0) is 8.84. The van der Waals surface area contributed by atoms with Crippen LogP contribution in [0, 0.1) is 18.8 Å². The summed E-state index contributed by atoms with van der Waals surface area (Å²) in [6, 6.07) is 8.90. The molecule has 0 saturated heterocycles. The van der Waals surface area contributed by atoms with E-state index in [-0.39, 0.29) is 0 Å². The Morgan fingerprint density at radius 1 is 1.15 bits per heavy atom. The Bertz CT molecular complexity index is 323. The van der Waals surface area contributed by atoms with Crippen molar-refractivity contribution in [2.75, 3.05) is 0 Å². The van der Waals surface area contributed by atoms with Gasteiger partial charge in [0.1, 0.15) is 0 Å². The van der Waals surface area contributed by atoms with Crippen molar-refractivity contribution in [1.29, 1.82) is 0 Å². The minimum Gasteiger partial charge on any atom is -0.0620 e. The lowest BCUT2D eigenvalue weighted by Gasteiger charge is -2.03. The maximum Gasteiger partial charge on any atom is -0.0125 e. The van der Waals surface area contributed by atoms with Gasteiger partial charge in [-0.3, -0.25) is 0 Å². The van der Waals surface area contributed by atoms with Crippen LogP contribution in [0.5, 0.6) is 0 Å². The Labute approximate surface area is 80.0 Å². The monoisotopic (exact) mass is 172 g/mol. The second-order valence-electron chi connectivity index (χ2n) is 4.70. The van der Waals surface area contributed by atoms with E-state index in [0.29, 0.717) is 0 Å². The highest BCUT2D eigenvalue weighted by atomic mass is 14.5. The van der Waals surface area contributed by atoms with Gasteiger partial charge in [-0.05, 0) is 55.1 Å². The third-order valence-corrected chi connectivity index (χ3v) is 3.66. The lowest BCUT2D eigenvalue weighted by atomic mass is 10.0. The number of rotatable bonds is 2. The normalized spacial score (nSPS) is 31.8. The molecular formula is C13H16. The van der Waals surface area contributed by atoms with Crippen molar-refractivity contribution in [2.45, 2.75) is 32.1 Å². The lowest BCUT2D eigenvalue weighted by Crippen LogP contribution is -1.88. The standard InChI is InChI=1S/C13H16/c1-9-4-2-3-5-11(9)13-8-12(13)10-6-7-10/h2-5,10,12-13H,6-8H2,1H3. The maximum absolute atomic E-state index is 2.32. The molecule has 2 unspecified atom stereocenters. The highest BCUT2D eigenvalue weighted by Crippen LogP contribution is 2.59. The molecule has 2 fully saturated rings. The van der Waals surface area contributed by atoms with Crippen molar-refractivity contribution in [3.05, 3.63) is 35.4 Å². The number of benzene rings is 1. The average Bonchev–Trinajstić information content (AvgIpc) is 3.00.